The first-order chi connectivity index (χ1) is 23.1. The van der Waals surface area contributed by atoms with Crippen molar-refractivity contribution in [3.05, 3.63) is 75.6 Å². The molecule has 1 aromatic carbocycles. The molecule has 0 radical (unpaired) electrons. The van der Waals surface area contributed by atoms with E-state index < -0.39 is 6.10 Å². The van der Waals surface area contributed by atoms with Crippen LogP contribution in [0.15, 0.2) is 30.6 Å². The molecule has 0 unspecified atom stereocenters. The summed E-state index contributed by atoms with van der Waals surface area (Å²) in [6.45, 7) is 8.69. The number of hydrogen-bond donors (Lipinski definition) is 3. The molecule has 14 heteroatoms. The summed E-state index contributed by atoms with van der Waals surface area (Å²) >= 11 is 6.93. The maximum absolute atomic E-state index is 13.5. The van der Waals surface area contributed by atoms with Crippen molar-refractivity contribution in [2.75, 3.05) is 43.5 Å². The highest BCUT2D eigenvalue weighted by molar-refractivity contribution is 6.36. The Morgan fingerprint density at radius 3 is 2.25 bits per heavy atom. The number of hydrogen-bond acceptors (Lipinski definition) is 9. The van der Waals surface area contributed by atoms with E-state index in [-0.39, 0.29) is 11.8 Å². The molecule has 1 saturated heterocycles. The fourth-order valence-electron chi connectivity index (χ4n) is 6.93. The van der Waals surface area contributed by atoms with Gasteiger partial charge in [0.15, 0.2) is 11.6 Å². The minimum atomic E-state index is -0.434. The van der Waals surface area contributed by atoms with E-state index in [1.165, 1.54) is 0 Å². The highest BCUT2D eigenvalue weighted by Gasteiger charge is 2.32. The summed E-state index contributed by atoms with van der Waals surface area (Å²) in [6.07, 6.45) is 4.43. The summed E-state index contributed by atoms with van der Waals surface area (Å²) in [5, 5.41) is 16.1. The lowest BCUT2D eigenvalue weighted by Crippen LogP contribution is -2.50. The molecule has 7 rings (SSSR count). The van der Waals surface area contributed by atoms with Gasteiger partial charge < -0.3 is 29.6 Å². The molecule has 6 heterocycles. The van der Waals surface area contributed by atoms with Gasteiger partial charge in [0.25, 0.3) is 11.8 Å². The number of aliphatic hydroxyl groups excluding tert-OH is 1. The highest BCUT2D eigenvalue weighted by atomic mass is 35.5. The number of aromatic nitrogens is 5. The standard InChI is InChI=1S/C34H40ClN9O4/c1-19(45)14-43-10-8-28-26(15-43)37-32(41(28)3)34(47)40-25-13-36-12-23(20(25)2)22-6-5-7-24(30(22)35)39-33(46)31-38-27-16-44(21-17-48-18-21)11-9-29(27)42(31)4/h5-7,12-13,19,21,45H,8-11,14-18H2,1-4H3,(H,39,46)(H,40,47)/t19-/m0/s1. The molecule has 3 aromatic heterocycles. The summed E-state index contributed by atoms with van der Waals surface area (Å²) in [5.74, 6) is -0.0355. The van der Waals surface area contributed by atoms with E-state index >= 15 is 0 Å². The average molecular weight is 674 g/mol. The van der Waals surface area contributed by atoms with Gasteiger partial charge in [-0.3, -0.25) is 24.4 Å². The zero-order chi connectivity index (χ0) is 33.7. The molecule has 0 saturated carbocycles. The Hall–Kier alpha value is -4.14. The number of amides is 2. The zero-order valence-electron chi connectivity index (χ0n) is 27.6. The lowest BCUT2D eigenvalue weighted by atomic mass is 10.0. The Kier molecular flexibility index (Phi) is 8.81. The lowest BCUT2D eigenvalue weighted by Gasteiger charge is -2.39. The van der Waals surface area contributed by atoms with Crippen LogP contribution in [-0.2, 0) is 44.8 Å². The molecule has 3 N–H and O–H groups in total. The number of fused-ring (bicyclic) bond motifs is 2. The first kappa shape index (κ1) is 32.4. The number of β-amino-alcohol motifs (C(OH)–C–C–N with tert-alkyl or cyclic N) is 1. The fraction of sp³-hybridized carbons (Fsp3) is 0.441. The van der Waals surface area contributed by atoms with Gasteiger partial charge in [0.05, 0.1) is 59.3 Å². The maximum Gasteiger partial charge on any atom is 0.291 e. The number of imidazole rings is 2. The van der Waals surface area contributed by atoms with Crippen molar-refractivity contribution in [2.45, 2.75) is 51.9 Å². The van der Waals surface area contributed by atoms with Crippen molar-refractivity contribution < 1.29 is 19.4 Å². The summed E-state index contributed by atoms with van der Waals surface area (Å²) < 4.78 is 9.09. The number of carbonyl (C=O) groups excluding carboxylic acids is 2. The number of nitrogens with one attached hydrogen (secondary N) is 2. The second-order valence-corrected chi connectivity index (χ2v) is 13.3. The largest absolute Gasteiger partial charge is 0.392 e. The van der Waals surface area contributed by atoms with Gasteiger partial charge in [-0.1, -0.05) is 23.7 Å². The lowest BCUT2D eigenvalue weighted by molar-refractivity contribution is -0.0700. The minimum Gasteiger partial charge on any atom is -0.392 e. The first-order valence-corrected chi connectivity index (χ1v) is 16.6. The van der Waals surface area contributed by atoms with Gasteiger partial charge in [-0.15, -0.1) is 0 Å². The van der Waals surface area contributed by atoms with E-state index in [0.29, 0.717) is 64.8 Å². The molecule has 4 aromatic rings. The third-order valence-electron chi connectivity index (χ3n) is 9.69. The van der Waals surface area contributed by atoms with Crippen molar-refractivity contribution in [1.29, 1.82) is 0 Å². The van der Waals surface area contributed by atoms with Crippen LogP contribution in [0.25, 0.3) is 11.1 Å². The molecule has 3 aliphatic rings. The predicted octanol–water partition coefficient (Wildman–Crippen LogP) is 3.18. The van der Waals surface area contributed by atoms with Crippen LogP contribution in [-0.4, -0.2) is 95.8 Å². The molecular weight excluding hydrogens is 634 g/mol. The Bertz CT molecular complexity index is 1900. The van der Waals surface area contributed by atoms with Crippen molar-refractivity contribution in [3.8, 4) is 11.1 Å². The number of rotatable bonds is 8. The minimum absolute atomic E-state index is 0.312. The Balaban J connectivity index is 1.08. The average Bonchev–Trinajstić information content (AvgIpc) is 3.54. The highest BCUT2D eigenvalue weighted by Crippen LogP contribution is 2.37. The second-order valence-electron chi connectivity index (χ2n) is 13.0. The monoisotopic (exact) mass is 673 g/mol. The van der Waals surface area contributed by atoms with Crippen molar-refractivity contribution in [3.63, 3.8) is 0 Å². The van der Waals surface area contributed by atoms with E-state index in [9.17, 15) is 14.7 Å². The number of ether oxygens (including phenoxy) is 1. The Morgan fingerprint density at radius 2 is 1.60 bits per heavy atom. The van der Waals surface area contributed by atoms with E-state index in [4.69, 9.17) is 21.3 Å². The fourth-order valence-corrected chi connectivity index (χ4v) is 7.20. The van der Waals surface area contributed by atoms with Crippen molar-refractivity contribution in [1.82, 2.24) is 33.9 Å². The van der Waals surface area contributed by atoms with Crippen LogP contribution in [0.2, 0.25) is 5.02 Å². The number of halogens is 1. The molecule has 1 atom stereocenters. The van der Waals surface area contributed by atoms with Crippen LogP contribution in [0.3, 0.4) is 0 Å². The quantitative estimate of drug-likeness (QED) is 0.257. The molecule has 0 aliphatic carbocycles. The smallest absolute Gasteiger partial charge is 0.291 e. The molecule has 0 spiro atoms. The third kappa shape index (κ3) is 6.01. The van der Waals surface area contributed by atoms with Crippen LogP contribution < -0.4 is 10.6 Å². The van der Waals surface area contributed by atoms with Gasteiger partial charge in [-0.05, 0) is 25.5 Å². The topological polar surface area (TPSA) is 143 Å². The molecule has 3 aliphatic heterocycles. The van der Waals surface area contributed by atoms with Gasteiger partial charge in [-0.2, -0.15) is 0 Å². The summed E-state index contributed by atoms with van der Waals surface area (Å²) in [5.41, 5.74) is 6.99. The SMILES string of the molecule is Cc1c(NC(=O)c2nc3c(n2C)CCN(C[C@H](C)O)C3)cncc1-c1cccc(NC(=O)c2nc3c(n2C)CCN(C2COC2)C3)c1Cl. The molecular formula is C34H40ClN9O4. The number of anilines is 2. The Morgan fingerprint density at radius 1 is 0.958 bits per heavy atom. The first-order valence-electron chi connectivity index (χ1n) is 16.3. The van der Waals surface area contributed by atoms with E-state index in [1.807, 2.05) is 42.3 Å². The number of pyridine rings is 1. The summed E-state index contributed by atoms with van der Waals surface area (Å²) in [6, 6.07) is 5.85. The van der Waals surface area contributed by atoms with Gasteiger partial charge in [-0.25, -0.2) is 9.97 Å². The van der Waals surface area contributed by atoms with E-state index in [0.717, 1.165) is 67.5 Å². The van der Waals surface area contributed by atoms with Gasteiger partial charge >= 0.3 is 0 Å². The van der Waals surface area contributed by atoms with E-state index in [1.54, 1.807) is 25.4 Å². The zero-order valence-corrected chi connectivity index (χ0v) is 28.3. The molecule has 252 valence electrons. The normalized spacial score (nSPS) is 17.4. The molecule has 1 fully saturated rings. The van der Waals surface area contributed by atoms with Gasteiger partial charge in [0, 0.05) is 88.4 Å². The van der Waals surface area contributed by atoms with Crippen LogP contribution in [0.5, 0.6) is 0 Å². The summed E-state index contributed by atoms with van der Waals surface area (Å²) in [4.78, 5) is 45.3. The van der Waals surface area contributed by atoms with Crippen LogP contribution in [0, 0.1) is 6.92 Å². The van der Waals surface area contributed by atoms with Crippen LogP contribution in [0.4, 0.5) is 11.4 Å². The molecule has 0 bridgehead atoms. The van der Waals surface area contributed by atoms with Crippen molar-refractivity contribution in [2.24, 2.45) is 14.1 Å². The van der Waals surface area contributed by atoms with Gasteiger partial charge in [0.1, 0.15) is 0 Å². The number of benzene rings is 1. The number of carbonyl (C=O) groups is 2. The Labute approximate surface area is 283 Å². The third-order valence-corrected chi connectivity index (χ3v) is 10.1. The number of aliphatic hydroxyl groups is 1. The van der Waals surface area contributed by atoms with Crippen LogP contribution >= 0.6 is 11.6 Å². The summed E-state index contributed by atoms with van der Waals surface area (Å²) in [7, 11) is 3.73. The van der Waals surface area contributed by atoms with Crippen LogP contribution in [0.1, 0.15) is 56.5 Å². The van der Waals surface area contributed by atoms with Gasteiger partial charge in [0.2, 0.25) is 0 Å². The maximum atomic E-state index is 13.5. The molecule has 13 nitrogen and oxygen atoms in total. The second kappa shape index (κ2) is 13.1. The predicted molar refractivity (Wildman–Crippen MR) is 181 cm³/mol. The van der Waals surface area contributed by atoms with E-state index in [2.05, 4.69) is 30.4 Å². The number of nitrogens with zero attached hydrogens (tertiary/aromatic N) is 7. The molecule has 2 amide bonds. The molecule has 48 heavy (non-hydrogen) atoms. The van der Waals surface area contributed by atoms with Crippen molar-refractivity contribution >= 4 is 34.8 Å².